The van der Waals surface area contributed by atoms with Gasteiger partial charge in [0, 0.05) is 23.3 Å². The molecule has 0 amide bonds. The van der Waals surface area contributed by atoms with Crippen LogP contribution in [0.25, 0.3) is 0 Å². The summed E-state index contributed by atoms with van der Waals surface area (Å²) in [5.41, 5.74) is -4.15. The number of aliphatic hydroxyl groups is 12. The Labute approximate surface area is 443 Å². The van der Waals surface area contributed by atoms with Crippen LogP contribution in [0, 0.1) is 50.2 Å². The van der Waals surface area contributed by atoms with Gasteiger partial charge in [-0.15, -0.1) is 0 Å². The highest BCUT2D eigenvalue weighted by Gasteiger charge is 2.76. The molecule has 12 N–H and O–H groups in total. The van der Waals surface area contributed by atoms with E-state index in [1.807, 2.05) is 20.8 Å². The molecule has 0 aromatic heterocycles. The first kappa shape index (κ1) is 59.8. The lowest BCUT2D eigenvalue weighted by Crippen LogP contribution is -2.76. The molecule has 22 nitrogen and oxygen atoms in total. The number of aliphatic hydroxyl groups excluding tert-OH is 12. The van der Waals surface area contributed by atoms with Gasteiger partial charge >= 0.3 is 11.9 Å². The van der Waals surface area contributed by atoms with Crippen molar-refractivity contribution in [3.63, 3.8) is 0 Å². The number of rotatable bonds is 12. The molecule has 0 aromatic rings. The van der Waals surface area contributed by atoms with Gasteiger partial charge in [-0.1, -0.05) is 66.2 Å². The molecular formula is C54H86O22. The maximum atomic E-state index is 13.4. The van der Waals surface area contributed by atoms with Crippen LogP contribution in [0.5, 0.6) is 0 Å². The molecule has 22 heteroatoms. The number of hydrogen-bond acceptors (Lipinski definition) is 22. The van der Waals surface area contributed by atoms with Crippen molar-refractivity contribution in [3.8, 4) is 0 Å². The monoisotopic (exact) mass is 1090 g/mol. The Hall–Kier alpha value is -2.30. The van der Waals surface area contributed by atoms with Crippen molar-refractivity contribution in [3.05, 3.63) is 23.3 Å². The van der Waals surface area contributed by atoms with Gasteiger partial charge in [-0.25, -0.2) is 4.79 Å². The van der Waals surface area contributed by atoms with E-state index >= 15 is 0 Å². The molecule has 0 radical (unpaired) electrons. The van der Waals surface area contributed by atoms with Gasteiger partial charge in [0.2, 0.25) is 0 Å². The number of esters is 2. The predicted molar refractivity (Wildman–Crippen MR) is 262 cm³/mol. The van der Waals surface area contributed by atoms with Gasteiger partial charge in [0.05, 0.1) is 50.2 Å². The average molecular weight is 1090 g/mol. The quantitative estimate of drug-likeness (QED) is 0.0494. The van der Waals surface area contributed by atoms with E-state index in [0.29, 0.717) is 44.1 Å². The fourth-order valence-corrected chi connectivity index (χ4v) is 15.9. The number of fused-ring (bicyclic) bond motifs is 7. The van der Waals surface area contributed by atoms with Crippen molar-refractivity contribution in [1.82, 2.24) is 0 Å². The van der Waals surface area contributed by atoms with Crippen LogP contribution in [0.15, 0.2) is 23.3 Å². The van der Waals surface area contributed by atoms with Crippen LogP contribution in [0.3, 0.4) is 0 Å². The van der Waals surface area contributed by atoms with Crippen LogP contribution < -0.4 is 0 Å². The topological polar surface area (TPSA) is 351 Å². The fourth-order valence-electron chi connectivity index (χ4n) is 15.9. The second-order valence-corrected chi connectivity index (χ2v) is 25.3. The number of ether oxygens (including phenoxy) is 8. The molecule has 3 heterocycles. The second-order valence-electron chi connectivity index (χ2n) is 25.3. The Bertz CT molecular complexity index is 2170. The van der Waals surface area contributed by atoms with Crippen molar-refractivity contribution in [2.75, 3.05) is 26.4 Å². The highest BCUT2D eigenvalue weighted by atomic mass is 16.8. The van der Waals surface area contributed by atoms with E-state index in [0.717, 1.165) is 5.57 Å². The van der Waals surface area contributed by atoms with E-state index in [9.17, 15) is 70.9 Å². The maximum absolute atomic E-state index is 13.4. The molecule has 3 saturated heterocycles. The van der Waals surface area contributed by atoms with Crippen LogP contribution >= 0.6 is 0 Å². The Morgan fingerprint density at radius 1 is 0.711 bits per heavy atom. The van der Waals surface area contributed by atoms with Crippen molar-refractivity contribution in [2.24, 2.45) is 50.2 Å². The maximum Gasteiger partial charge on any atom is 0.333 e. The molecule has 76 heavy (non-hydrogen) atoms. The number of carbonyl (C=O) groups excluding carboxylic acids is 2. The van der Waals surface area contributed by atoms with Gasteiger partial charge in [-0.3, -0.25) is 4.79 Å². The van der Waals surface area contributed by atoms with Crippen molar-refractivity contribution >= 4 is 11.9 Å². The molecular weight excluding hydrogens is 1000 g/mol. The summed E-state index contributed by atoms with van der Waals surface area (Å²) < 4.78 is 48.3. The highest BCUT2D eigenvalue weighted by molar-refractivity contribution is 5.87. The van der Waals surface area contributed by atoms with E-state index in [-0.39, 0.29) is 18.4 Å². The van der Waals surface area contributed by atoms with Gasteiger partial charge in [0.1, 0.15) is 73.2 Å². The van der Waals surface area contributed by atoms with E-state index in [4.69, 9.17) is 37.9 Å². The molecule has 4 saturated carbocycles. The molecule has 3 aliphatic heterocycles. The first-order valence-electron chi connectivity index (χ1n) is 27.0. The van der Waals surface area contributed by atoms with Crippen molar-refractivity contribution < 1.29 is 109 Å². The van der Waals surface area contributed by atoms with Gasteiger partial charge in [0.15, 0.2) is 25.0 Å². The summed E-state index contributed by atoms with van der Waals surface area (Å²) in [6.45, 7) is 16.6. The molecule has 434 valence electrons. The summed E-state index contributed by atoms with van der Waals surface area (Å²) in [5, 5.41) is 134. The van der Waals surface area contributed by atoms with Gasteiger partial charge < -0.3 is 99.2 Å². The predicted octanol–water partition coefficient (Wildman–Crippen LogP) is -0.776. The van der Waals surface area contributed by atoms with Crippen LogP contribution in [0.1, 0.15) is 108 Å². The van der Waals surface area contributed by atoms with Crippen molar-refractivity contribution in [1.29, 1.82) is 0 Å². The molecule has 0 bridgehead atoms. The van der Waals surface area contributed by atoms with E-state index < -0.39 is 187 Å². The zero-order chi connectivity index (χ0) is 56.2. The normalized spacial score (nSPS) is 51.0. The summed E-state index contributed by atoms with van der Waals surface area (Å²) in [6, 6.07) is 0. The van der Waals surface area contributed by atoms with E-state index in [2.05, 4.69) is 33.8 Å². The summed E-state index contributed by atoms with van der Waals surface area (Å²) in [4.78, 5) is 26.4. The molecule has 0 aromatic carbocycles. The molecule has 5 aliphatic carbocycles. The van der Waals surface area contributed by atoms with E-state index in [1.165, 1.54) is 6.92 Å². The molecule has 0 spiro atoms. The number of hydrogen-bond donors (Lipinski definition) is 12. The zero-order valence-corrected chi connectivity index (χ0v) is 45.4. The second kappa shape index (κ2) is 21.5. The smallest absolute Gasteiger partial charge is 0.333 e. The van der Waals surface area contributed by atoms with Gasteiger partial charge in [-0.05, 0) is 86.4 Å². The van der Waals surface area contributed by atoms with Crippen LogP contribution in [-0.4, -0.2) is 216 Å². The third-order valence-corrected chi connectivity index (χ3v) is 20.6. The van der Waals surface area contributed by atoms with Crippen LogP contribution in [-0.2, 0) is 47.5 Å². The minimum atomic E-state index is -1.89. The molecule has 8 rings (SSSR count). The summed E-state index contributed by atoms with van der Waals surface area (Å²) in [5.74, 6) is -2.09. The SMILES string of the molecule is C/C=C(\C)C(=O)O[C@H]1[C@H](OC(C)=O)[C@]2(CO)[C@H](O)[C@H](O)[C@]3(C)C(=CC[C@@H]4[C@@]5(C)CC[C@H](O[C@@H]6O[C@H](CO[C@@H]7OC[C@H](O)[C@H](O)[C@H]7O)[C@@H](O)[C@H](O)[C@H]6O[C@@H]6O[C@H](CO)[C@@H](O)[C@H](O)[C@H]6O)C(C)(C)[C@@H]5CC[C@]43C)[C@@H]2CC1(C)C. The lowest BCUT2D eigenvalue weighted by atomic mass is 9.32. The molecule has 0 unspecified atom stereocenters. The third-order valence-electron chi connectivity index (χ3n) is 20.6. The van der Waals surface area contributed by atoms with Gasteiger partial charge in [-0.2, -0.15) is 0 Å². The zero-order valence-electron chi connectivity index (χ0n) is 45.4. The minimum Gasteiger partial charge on any atom is -0.458 e. The standard InChI is InChI=1S/C54H86O22/c1-11-23(2)45(68)76-43-44(71-24(3)57)54(22-56)26(18-49(43,4)5)25-12-13-31-51(8)16-15-32(50(6,7)30(51)14-17-52(31,9)53(25,10)41(66)42(54)67)74-48-40(75-47-39(65)36(62)34(60)28(19-55)72-47)37(63)35(61)29(73-48)21-70-46-38(64)33(59)27(58)20-69-46/h11-12,26-44,46-48,55-56,58-67H,13-22H2,1-10H3/b23-11+/t26-,27-,28+,29+,30-,31+,32-,33-,34+,35+,36-,37-,38+,39+,40+,41-,42+,43-,44-,46-,47-,48-,51-,52+,53-,54-/m0/s1. The largest absolute Gasteiger partial charge is 0.458 e. The Balaban J connectivity index is 1.09. The lowest BCUT2D eigenvalue weighted by molar-refractivity contribution is -0.381. The van der Waals surface area contributed by atoms with Crippen LogP contribution in [0.2, 0.25) is 0 Å². The highest BCUT2D eigenvalue weighted by Crippen LogP contribution is 2.76. The number of carbonyl (C=O) groups is 2. The summed E-state index contributed by atoms with van der Waals surface area (Å²) in [6.07, 6.45) is -22.1. The number of allylic oxidation sites excluding steroid dienone is 2. The van der Waals surface area contributed by atoms with Crippen LogP contribution in [0.4, 0.5) is 0 Å². The summed E-state index contributed by atoms with van der Waals surface area (Å²) >= 11 is 0. The Morgan fingerprint density at radius 3 is 1.99 bits per heavy atom. The third kappa shape index (κ3) is 9.36. The molecule has 8 aliphatic rings. The van der Waals surface area contributed by atoms with Gasteiger partial charge in [0.25, 0.3) is 0 Å². The first-order chi connectivity index (χ1) is 35.4. The lowest BCUT2D eigenvalue weighted by Gasteiger charge is -2.73. The van der Waals surface area contributed by atoms with E-state index in [1.54, 1.807) is 19.9 Å². The minimum absolute atomic E-state index is 0.0645. The molecule has 7 fully saturated rings. The average Bonchev–Trinajstić information content (AvgIpc) is 3.36. The van der Waals surface area contributed by atoms with Crippen molar-refractivity contribution in [2.45, 2.75) is 224 Å². The first-order valence-corrected chi connectivity index (χ1v) is 27.0. The Kier molecular flexibility index (Phi) is 17.0. The molecule has 26 atom stereocenters. The summed E-state index contributed by atoms with van der Waals surface area (Å²) in [7, 11) is 0. The Morgan fingerprint density at radius 2 is 1.36 bits per heavy atom. The fraction of sp³-hybridized carbons (Fsp3) is 0.889.